The molecular formula is C18H14BrMgNO2. The molecule has 0 atom stereocenters. The van der Waals surface area contributed by atoms with E-state index in [1.165, 1.54) is 0 Å². The van der Waals surface area contributed by atoms with E-state index in [0.717, 1.165) is 11.1 Å². The molecule has 0 N–H and O–H groups in total. The van der Waals surface area contributed by atoms with Crippen molar-refractivity contribution in [2.75, 3.05) is 5.23 Å². The van der Waals surface area contributed by atoms with Gasteiger partial charge in [-0.05, 0) is 23.8 Å². The van der Waals surface area contributed by atoms with Crippen molar-refractivity contribution < 1.29 is 21.8 Å². The summed E-state index contributed by atoms with van der Waals surface area (Å²) in [4.78, 5) is 5.34. The minimum absolute atomic E-state index is 0. The largest absolute Gasteiger partial charge is 2.00 e. The zero-order valence-electron chi connectivity index (χ0n) is 12.4. The first-order valence-electron chi connectivity index (χ1n) is 6.69. The third-order valence-corrected chi connectivity index (χ3v) is 3.12. The standard InChI is InChI=1S/C18H14NO2.BrH.Mg/c20-19(21-16-11-5-2-6-12-16)18-14-8-7-13-17(18)15-9-3-1-4-10-15;;/h1-14H;1H;/q-1;;+2/p-1. The molecular weight excluding hydrogens is 366 g/mol. The maximum atomic E-state index is 12.3. The summed E-state index contributed by atoms with van der Waals surface area (Å²) in [5.74, 6) is 0.510. The number of benzene rings is 3. The molecule has 112 valence electrons. The van der Waals surface area contributed by atoms with Gasteiger partial charge in [-0.25, -0.2) is 0 Å². The molecule has 3 nitrogen and oxygen atoms in total. The number of halogens is 1. The third kappa shape index (κ3) is 4.97. The van der Waals surface area contributed by atoms with Crippen LogP contribution in [0.1, 0.15) is 0 Å². The van der Waals surface area contributed by atoms with E-state index < -0.39 is 0 Å². The van der Waals surface area contributed by atoms with Gasteiger partial charge in [0.05, 0.1) is 5.69 Å². The minimum Gasteiger partial charge on any atom is -1.00 e. The summed E-state index contributed by atoms with van der Waals surface area (Å²) in [7, 11) is 0. The summed E-state index contributed by atoms with van der Waals surface area (Å²) in [6.07, 6.45) is 0. The van der Waals surface area contributed by atoms with E-state index in [9.17, 15) is 5.21 Å². The summed E-state index contributed by atoms with van der Waals surface area (Å²) >= 11 is 0. The van der Waals surface area contributed by atoms with Gasteiger partial charge in [-0.2, -0.15) is 0 Å². The van der Waals surface area contributed by atoms with Gasteiger partial charge in [0.1, 0.15) is 0 Å². The number of anilines is 1. The smallest absolute Gasteiger partial charge is 1.00 e. The molecule has 0 amide bonds. The van der Waals surface area contributed by atoms with Crippen LogP contribution >= 0.6 is 0 Å². The molecule has 0 radical (unpaired) electrons. The van der Waals surface area contributed by atoms with Gasteiger partial charge in [0.2, 0.25) is 0 Å². The second-order valence-corrected chi connectivity index (χ2v) is 4.54. The Hall–Kier alpha value is -1.53. The molecule has 0 spiro atoms. The monoisotopic (exact) mass is 379 g/mol. The van der Waals surface area contributed by atoms with E-state index in [0.29, 0.717) is 16.7 Å². The second-order valence-electron chi connectivity index (χ2n) is 4.54. The van der Waals surface area contributed by atoms with E-state index in [-0.39, 0.29) is 40.0 Å². The van der Waals surface area contributed by atoms with Crippen LogP contribution in [0.5, 0.6) is 5.75 Å². The average Bonchev–Trinajstić information content (AvgIpc) is 2.56. The van der Waals surface area contributed by atoms with Crippen molar-refractivity contribution in [1.82, 2.24) is 0 Å². The first kappa shape index (κ1) is 19.5. The number of hydrogen-bond acceptors (Lipinski definition) is 3. The third-order valence-electron chi connectivity index (χ3n) is 3.12. The predicted octanol–water partition coefficient (Wildman–Crippen LogP) is 1.28. The fourth-order valence-electron chi connectivity index (χ4n) is 2.12. The van der Waals surface area contributed by atoms with E-state index in [2.05, 4.69) is 0 Å². The van der Waals surface area contributed by atoms with Crippen molar-refractivity contribution >= 4 is 28.7 Å². The van der Waals surface area contributed by atoms with Crippen LogP contribution in [-0.2, 0) is 0 Å². The summed E-state index contributed by atoms with van der Waals surface area (Å²) in [5.41, 5.74) is 2.29. The normalized spacial score (nSPS) is 9.26. The van der Waals surface area contributed by atoms with E-state index in [4.69, 9.17) is 4.84 Å². The zero-order valence-corrected chi connectivity index (χ0v) is 15.4. The van der Waals surface area contributed by atoms with Gasteiger partial charge in [0.25, 0.3) is 0 Å². The average molecular weight is 381 g/mol. The van der Waals surface area contributed by atoms with Crippen LogP contribution in [0.3, 0.4) is 0 Å². The Morgan fingerprint density at radius 2 is 1.22 bits per heavy atom. The maximum absolute atomic E-state index is 12.3. The number of rotatable bonds is 4. The van der Waals surface area contributed by atoms with E-state index in [1.54, 1.807) is 18.2 Å². The molecule has 3 aromatic rings. The van der Waals surface area contributed by atoms with Gasteiger partial charge in [0, 0.05) is 5.56 Å². The summed E-state index contributed by atoms with van der Waals surface area (Å²) in [6, 6.07) is 26.2. The van der Waals surface area contributed by atoms with Crippen molar-refractivity contribution in [3.8, 4) is 16.9 Å². The Balaban J connectivity index is 0.00000132. The Kier molecular flexibility index (Phi) is 8.12. The predicted molar refractivity (Wildman–Crippen MR) is 90.5 cm³/mol. The van der Waals surface area contributed by atoms with Crippen molar-refractivity contribution in [1.29, 1.82) is 0 Å². The summed E-state index contributed by atoms with van der Waals surface area (Å²) < 4.78 is 0. The first-order valence-corrected chi connectivity index (χ1v) is 6.69. The molecule has 0 heterocycles. The van der Waals surface area contributed by atoms with Gasteiger partial charge >= 0.3 is 23.1 Å². The number of nitrogens with zero attached hydrogens (tertiary/aromatic N) is 1. The molecule has 0 fully saturated rings. The van der Waals surface area contributed by atoms with Crippen LogP contribution in [-0.4, -0.2) is 23.1 Å². The van der Waals surface area contributed by atoms with Crippen LogP contribution in [0.4, 0.5) is 5.69 Å². The Morgan fingerprint density at radius 3 is 1.87 bits per heavy atom. The Bertz CT molecular complexity index is 710. The summed E-state index contributed by atoms with van der Waals surface area (Å²) in [5, 5.41) is 12.9. The van der Waals surface area contributed by atoms with Crippen LogP contribution in [0.15, 0.2) is 84.9 Å². The molecule has 0 aromatic heterocycles. The van der Waals surface area contributed by atoms with Gasteiger partial charge in [-0.3, -0.25) is 5.23 Å². The molecule has 0 saturated carbocycles. The first-order chi connectivity index (χ1) is 10.3. The van der Waals surface area contributed by atoms with Crippen molar-refractivity contribution in [2.24, 2.45) is 0 Å². The van der Waals surface area contributed by atoms with Crippen LogP contribution in [0.2, 0.25) is 0 Å². The fourth-order valence-corrected chi connectivity index (χ4v) is 2.12. The Morgan fingerprint density at radius 1 is 0.696 bits per heavy atom. The minimum atomic E-state index is 0. The molecule has 0 aliphatic heterocycles. The molecule has 0 bridgehead atoms. The van der Waals surface area contributed by atoms with E-state index >= 15 is 0 Å². The maximum Gasteiger partial charge on any atom is 2.00 e. The molecule has 0 unspecified atom stereocenters. The Labute approximate surface area is 162 Å². The van der Waals surface area contributed by atoms with Gasteiger partial charge in [-0.1, -0.05) is 66.7 Å². The molecule has 3 rings (SSSR count). The SMILES string of the molecule is [Br-].[Mg+2].[O-]N(Oc1ccccc1)c1ccccc1-c1ccccc1. The topological polar surface area (TPSA) is 35.5 Å². The van der Waals surface area contributed by atoms with Gasteiger partial charge < -0.3 is 27.0 Å². The fraction of sp³-hybridized carbons (Fsp3) is 0. The number of para-hydroxylation sites is 2. The molecule has 5 heteroatoms. The number of hydrogen-bond donors (Lipinski definition) is 0. The van der Waals surface area contributed by atoms with Gasteiger partial charge in [-0.15, -0.1) is 0 Å². The quantitative estimate of drug-likeness (QED) is 0.505. The van der Waals surface area contributed by atoms with Crippen LogP contribution in [0, 0.1) is 5.21 Å². The van der Waals surface area contributed by atoms with Crippen LogP contribution in [0.25, 0.3) is 11.1 Å². The molecule has 3 aromatic carbocycles. The van der Waals surface area contributed by atoms with Crippen LogP contribution < -0.4 is 27.0 Å². The van der Waals surface area contributed by atoms with Crippen molar-refractivity contribution in [3.05, 3.63) is 90.1 Å². The van der Waals surface area contributed by atoms with Crippen molar-refractivity contribution in [2.45, 2.75) is 0 Å². The molecule has 0 aliphatic rings. The molecule has 23 heavy (non-hydrogen) atoms. The second kappa shape index (κ2) is 9.57. The van der Waals surface area contributed by atoms with E-state index in [1.807, 2.05) is 66.7 Å². The zero-order chi connectivity index (χ0) is 14.5. The van der Waals surface area contributed by atoms with Gasteiger partial charge in [0.15, 0.2) is 5.75 Å². The molecule has 0 saturated heterocycles. The molecule has 0 aliphatic carbocycles. The summed E-state index contributed by atoms with van der Waals surface area (Å²) in [6.45, 7) is 0. The van der Waals surface area contributed by atoms with Crippen molar-refractivity contribution in [3.63, 3.8) is 0 Å².